The van der Waals surface area contributed by atoms with Crippen molar-refractivity contribution >= 4 is 11.9 Å². The monoisotopic (exact) mass is 321 g/mol. The number of ether oxygens (including phenoxy) is 1. The number of hydrogen-bond acceptors (Lipinski definition) is 4. The van der Waals surface area contributed by atoms with E-state index in [1.54, 1.807) is 17.2 Å². The fraction of sp³-hybridized carbons (Fsp3) is 0.647. The first-order chi connectivity index (χ1) is 10.8. The first kappa shape index (κ1) is 17.5. The van der Waals surface area contributed by atoms with Gasteiger partial charge in [-0.05, 0) is 52.8 Å². The molecule has 0 saturated carbocycles. The average Bonchev–Trinajstić information content (AvgIpc) is 3.06. The van der Waals surface area contributed by atoms with Crippen LogP contribution in [-0.2, 0) is 4.74 Å². The third-order valence-electron chi connectivity index (χ3n) is 3.84. The molecule has 1 saturated heterocycles. The van der Waals surface area contributed by atoms with Crippen LogP contribution in [-0.4, -0.2) is 65.0 Å². The number of ketones is 1. The lowest BCUT2D eigenvalue weighted by molar-refractivity contribution is 0.0205. The molecule has 6 heteroatoms. The van der Waals surface area contributed by atoms with E-state index in [9.17, 15) is 9.59 Å². The van der Waals surface area contributed by atoms with Gasteiger partial charge in [0, 0.05) is 25.3 Å². The van der Waals surface area contributed by atoms with Crippen LogP contribution in [0.1, 0.15) is 44.1 Å². The summed E-state index contributed by atoms with van der Waals surface area (Å²) in [7, 11) is 1.91. The Morgan fingerprint density at radius 2 is 2.17 bits per heavy atom. The summed E-state index contributed by atoms with van der Waals surface area (Å²) < 4.78 is 5.47. The van der Waals surface area contributed by atoms with Crippen LogP contribution in [0.2, 0.25) is 0 Å². The maximum atomic E-state index is 12.3. The number of aromatic nitrogens is 1. The van der Waals surface area contributed by atoms with Gasteiger partial charge >= 0.3 is 6.09 Å². The van der Waals surface area contributed by atoms with Crippen LogP contribution in [0.25, 0.3) is 0 Å². The molecule has 1 aliphatic rings. The van der Waals surface area contributed by atoms with Gasteiger partial charge in [-0.2, -0.15) is 0 Å². The van der Waals surface area contributed by atoms with Crippen molar-refractivity contribution in [1.29, 1.82) is 0 Å². The van der Waals surface area contributed by atoms with Crippen molar-refractivity contribution in [3.05, 3.63) is 24.0 Å². The molecule has 1 aliphatic heterocycles. The number of hydrogen-bond donors (Lipinski definition) is 1. The first-order valence-electron chi connectivity index (χ1n) is 8.11. The van der Waals surface area contributed by atoms with E-state index in [1.165, 1.54) is 0 Å². The van der Waals surface area contributed by atoms with Crippen LogP contribution in [0.3, 0.4) is 0 Å². The van der Waals surface area contributed by atoms with E-state index in [-0.39, 0.29) is 17.9 Å². The van der Waals surface area contributed by atoms with E-state index in [2.05, 4.69) is 4.98 Å². The number of amides is 1. The summed E-state index contributed by atoms with van der Waals surface area (Å²) in [4.78, 5) is 31.1. The molecule has 1 aromatic rings. The molecule has 1 atom stereocenters. The van der Waals surface area contributed by atoms with Gasteiger partial charge in [0.1, 0.15) is 5.60 Å². The second kappa shape index (κ2) is 7.17. The van der Waals surface area contributed by atoms with Gasteiger partial charge in [0.05, 0.1) is 12.2 Å². The molecule has 2 heterocycles. The summed E-state index contributed by atoms with van der Waals surface area (Å²) >= 11 is 0. The zero-order valence-electron chi connectivity index (χ0n) is 14.5. The normalized spacial score (nSPS) is 18.5. The fourth-order valence-corrected chi connectivity index (χ4v) is 2.84. The number of aromatic amines is 1. The van der Waals surface area contributed by atoms with Gasteiger partial charge in [-0.3, -0.25) is 9.69 Å². The van der Waals surface area contributed by atoms with Gasteiger partial charge in [0.15, 0.2) is 5.78 Å². The predicted molar refractivity (Wildman–Crippen MR) is 88.6 cm³/mol. The maximum absolute atomic E-state index is 12.3. The summed E-state index contributed by atoms with van der Waals surface area (Å²) in [6, 6.07) is 3.69. The van der Waals surface area contributed by atoms with Gasteiger partial charge in [-0.25, -0.2) is 4.79 Å². The van der Waals surface area contributed by atoms with E-state index in [1.807, 2.05) is 38.8 Å². The lowest BCUT2D eigenvalue weighted by atomic mass is 10.2. The van der Waals surface area contributed by atoms with E-state index in [0.29, 0.717) is 18.8 Å². The van der Waals surface area contributed by atoms with Crippen molar-refractivity contribution in [3.63, 3.8) is 0 Å². The number of rotatable bonds is 5. The molecule has 1 N–H and O–H groups in total. The SMILES string of the molecule is CN(CC(=O)c1ccc[nH]1)C[C@@H]1CCCN1C(=O)OC(C)(C)C. The molecule has 0 aromatic carbocycles. The Labute approximate surface area is 137 Å². The van der Waals surface area contributed by atoms with Crippen molar-refractivity contribution in [2.75, 3.05) is 26.7 Å². The summed E-state index contributed by atoms with van der Waals surface area (Å²) in [5.41, 5.74) is 0.131. The highest BCUT2D eigenvalue weighted by Crippen LogP contribution is 2.21. The molecular weight excluding hydrogens is 294 g/mol. The van der Waals surface area contributed by atoms with Crippen molar-refractivity contribution in [1.82, 2.24) is 14.8 Å². The molecule has 0 unspecified atom stereocenters. The molecule has 0 aliphatic carbocycles. The smallest absolute Gasteiger partial charge is 0.410 e. The van der Waals surface area contributed by atoms with Crippen LogP contribution in [0.5, 0.6) is 0 Å². The Morgan fingerprint density at radius 3 is 2.78 bits per heavy atom. The molecule has 23 heavy (non-hydrogen) atoms. The Morgan fingerprint density at radius 1 is 1.43 bits per heavy atom. The van der Waals surface area contributed by atoms with Crippen LogP contribution >= 0.6 is 0 Å². The molecule has 128 valence electrons. The maximum Gasteiger partial charge on any atom is 0.410 e. The minimum Gasteiger partial charge on any atom is -0.444 e. The van der Waals surface area contributed by atoms with Crippen molar-refractivity contribution < 1.29 is 14.3 Å². The van der Waals surface area contributed by atoms with Gasteiger partial charge < -0.3 is 14.6 Å². The summed E-state index contributed by atoms with van der Waals surface area (Å²) in [5.74, 6) is 0.0549. The Kier molecular flexibility index (Phi) is 5.46. The molecule has 1 amide bonds. The van der Waals surface area contributed by atoms with Crippen molar-refractivity contribution in [3.8, 4) is 0 Å². The van der Waals surface area contributed by atoms with E-state index >= 15 is 0 Å². The predicted octanol–water partition coefficient (Wildman–Crippen LogP) is 2.53. The molecule has 1 aromatic heterocycles. The average molecular weight is 321 g/mol. The van der Waals surface area contributed by atoms with Gasteiger partial charge in [-0.1, -0.05) is 0 Å². The highest BCUT2D eigenvalue weighted by Gasteiger charge is 2.32. The Hall–Kier alpha value is -1.82. The Bertz CT molecular complexity index is 534. The molecule has 0 spiro atoms. The van der Waals surface area contributed by atoms with Crippen molar-refractivity contribution in [2.24, 2.45) is 0 Å². The summed E-state index contributed by atoms with van der Waals surface area (Å²) in [6.07, 6.45) is 3.40. The molecule has 6 nitrogen and oxygen atoms in total. The largest absolute Gasteiger partial charge is 0.444 e. The molecule has 0 bridgehead atoms. The van der Waals surface area contributed by atoms with E-state index in [4.69, 9.17) is 4.74 Å². The minimum absolute atomic E-state index is 0.0549. The number of carbonyl (C=O) groups is 2. The van der Waals surface area contributed by atoms with Crippen LogP contribution in [0, 0.1) is 0 Å². The van der Waals surface area contributed by atoms with E-state index in [0.717, 1.165) is 19.4 Å². The zero-order chi connectivity index (χ0) is 17.0. The van der Waals surface area contributed by atoms with E-state index < -0.39 is 5.60 Å². The number of carbonyl (C=O) groups excluding carboxylic acids is 2. The van der Waals surface area contributed by atoms with Gasteiger partial charge in [-0.15, -0.1) is 0 Å². The van der Waals surface area contributed by atoms with Crippen LogP contribution in [0.15, 0.2) is 18.3 Å². The number of Topliss-reactive ketones (excluding diaryl/α,β-unsaturated/α-hetero) is 1. The number of nitrogens with zero attached hydrogens (tertiary/aromatic N) is 2. The third kappa shape index (κ3) is 5.10. The number of nitrogens with one attached hydrogen (secondary N) is 1. The molecule has 1 fully saturated rings. The topological polar surface area (TPSA) is 65.6 Å². The zero-order valence-corrected chi connectivity index (χ0v) is 14.5. The number of likely N-dealkylation sites (N-methyl/N-ethyl adjacent to an activating group) is 1. The number of H-pyrrole nitrogens is 1. The summed E-state index contributed by atoms with van der Waals surface area (Å²) in [5, 5.41) is 0. The third-order valence-corrected chi connectivity index (χ3v) is 3.84. The highest BCUT2D eigenvalue weighted by molar-refractivity contribution is 5.95. The van der Waals surface area contributed by atoms with Crippen LogP contribution in [0.4, 0.5) is 4.79 Å². The highest BCUT2D eigenvalue weighted by atomic mass is 16.6. The lowest BCUT2D eigenvalue weighted by Crippen LogP contribution is -2.45. The standard InChI is InChI=1S/C17H27N3O3/c1-17(2,3)23-16(22)20-10-6-7-13(20)11-19(4)12-15(21)14-8-5-9-18-14/h5,8-9,13,18H,6-7,10-12H2,1-4H3/t13-/m0/s1. The molecule has 0 radical (unpaired) electrons. The second-order valence-corrected chi connectivity index (χ2v) is 7.17. The van der Waals surface area contributed by atoms with Gasteiger partial charge in [0.2, 0.25) is 0 Å². The molecular formula is C17H27N3O3. The van der Waals surface area contributed by atoms with Crippen molar-refractivity contribution in [2.45, 2.75) is 45.3 Å². The second-order valence-electron chi connectivity index (χ2n) is 7.17. The lowest BCUT2D eigenvalue weighted by Gasteiger charge is -2.30. The van der Waals surface area contributed by atoms with Gasteiger partial charge in [0.25, 0.3) is 0 Å². The Balaban J connectivity index is 1.88. The first-order valence-corrected chi connectivity index (χ1v) is 8.11. The summed E-state index contributed by atoms with van der Waals surface area (Å²) in [6.45, 7) is 7.34. The minimum atomic E-state index is -0.486. The fourth-order valence-electron chi connectivity index (χ4n) is 2.84. The number of likely N-dealkylation sites (tertiary alicyclic amines) is 1. The quantitative estimate of drug-likeness (QED) is 0.846. The molecule has 2 rings (SSSR count). The van der Waals surface area contributed by atoms with Crippen LogP contribution < -0.4 is 0 Å².